The van der Waals surface area contributed by atoms with Gasteiger partial charge in [0.2, 0.25) is 5.91 Å². The smallest absolute Gasteiger partial charge is 0.309 e. The highest BCUT2D eigenvalue weighted by Crippen LogP contribution is 2.78. The molecule has 15 atom stereocenters. The van der Waals surface area contributed by atoms with Gasteiger partial charge in [0.05, 0.1) is 46.8 Å². The average molecular weight is 869 g/mol. The number of benzene rings is 1. The van der Waals surface area contributed by atoms with E-state index in [-0.39, 0.29) is 51.6 Å². The molecule has 2 heterocycles. The summed E-state index contributed by atoms with van der Waals surface area (Å²) in [7, 11) is 0. The van der Waals surface area contributed by atoms with Gasteiger partial charge < -0.3 is 19.7 Å². The van der Waals surface area contributed by atoms with E-state index in [4.69, 9.17) is 9.72 Å². The maximum Gasteiger partial charge on any atom is 0.309 e. The van der Waals surface area contributed by atoms with Gasteiger partial charge in [0.15, 0.2) is 0 Å². The molecule has 10 rings (SSSR count). The van der Waals surface area contributed by atoms with Crippen LogP contribution in [0.15, 0.2) is 54.8 Å². The number of rotatable bonds is 8. The number of aromatic nitrogens is 2. The number of carboxylic acid groups (broad SMARTS) is 1. The average Bonchev–Trinajstić information content (AvgIpc) is 4.01. The third-order valence-electron chi connectivity index (χ3n) is 21.6. The van der Waals surface area contributed by atoms with Crippen LogP contribution in [0.5, 0.6) is 0 Å². The molecule has 64 heavy (non-hydrogen) atoms. The van der Waals surface area contributed by atoms with Crippen LogP contribution in [0.3, 0.4) is 0 Å². The zero-order valence-electron chi connectivity index (χ0n) is 39.6. The lowest BCUT2D eigenvalue weighted by molar-refractivity contribution is -0.259. The van der Waals surface area contributed by atoms with E-state index in [0.717, 1.165) is 107 Å². The third kappa shape index (κ3) is 5.90. The molecule has 9 nitrogen and oxygen atoms in total. The molecule has 7 fully saturated rings. The number of allylic oxidation sites excluding steroid dienone is 3. The number of aliphatic carboxylic acids is 1. The normalized spacial score (nSPS) is 43.9. The van der Waals surface area contributed by atoms with Crippen molar-refractivity contribution in [2.75, 3.05) is 6.54 Å². The minimum atomic E-state index is -0.819. The highest BCUT2D eigenvalue weighted by atomic mass is 16.5. The maximum atomic E-state index is 15.7. The molecule has 7 aliphatic carbocycles. The number of likely N-dealkylation sites (tertiary alicyclic amines) is 1. The van der Waals surface area contributed by atoms with Crippen LogP contribution in [0.2, 0.25) is 0 Å². The number of nitrogens with one attached hydrogen (secondary N) is 1. The molecule has 342 valence electrons. The van der Waals surface area contributed by atoms with E-state index in [9.17, 15) is 20.0 Å². The number of imidazole rings is 1. The van der Waals surface area contributed by atoms with Gasteiger partial charge in [0, 0.05) is 12.0 Å². The highest BCUT2D eigenvalue weighted by molar-refractivity contribution is 5.85. The lowest BCUT2D eigenvalue weighted by Gasteiger charge is -2.73. The number of H-pyrrole nitrogens is 1. The fraction of sp³-hybridized carbons (Fsp3) is 0.691. The van der Waals surface area contributed by atoms with Crippen LogP contribution < -0.4 is 0 Å². The Morgan fingerprint density at radius 2 is 1.66 bits per heavy atom. The zero-order chi connectivity index (χ0) is 45.4. The summed E-state index contributed by atoms with van der Waals surface area (Å²) in [5, 5.41) is 19.1. The van der Waals surface area contributed by atoms with E-state index in [1.807, 2.05) is 44.3 Å². The number of hydrogen-bond acceptors (Lipinski definition) is 6. The molecular weight excluding hydrogens is 797 g/mol. The van der Waals surface area contributed by atoms with E-state index >= 15 is 4.79 Å². The first-order valence-corrected chi connectivity index (χ1v) is 25.0. The van der Waals surface area contributed by atoms with E-state index in [2.05, 4.69) is 69.3 Å². The second-order valence-electron chi connectivity index (χ2n) is 24.0. The summed E-state index contributed by atoms with van der Waals surface area (Å²) in [5.41, 5.74) is 2.82. The molecule has 1 saturated heterocycles. The van der Waals surface area contributed by atoms with Crippen molar-refractivity contribution < 1.29 is 24.2 Å². The van der Waals surface area contributed by atoms with Gasteiger partial charge in [-0.3, -0.25) is 14.4 Å². The molecule has 1 aliphatic heterocycles. The number of nitriles is 1. The molecular formula is C55H72N4O5. The van der Waals surface area contributed by atoms with Crippen LogP contribution in [-0.2, 0) is 19.1 Å². The summed E-state index contributed by atoms with van der Waals surface area (Å²) in [6.07, 6.45) is 20.0. The predicted molar refractivity (Wildman–Crippen MR) is 246 cm³/mol. The predicted octanol–water partition coefficient (Wildman–Crippen LogP) is 11.5. The third-order valence-corrected chi connectivity index (χ3v) is 21.6. The number of aromatic amines is 1. The Morgan fingerprint density at radius 1 is 0.906 bits per heavy atom. The monoisotopic (exact) mass is 869 g/mol. The Morgan fingerprint density at radius 3 is 2.31 bits per heavy atom. The molecule has 1 amide bonds. The van der Waals surface area contributed by atoms with Gasteiger partial charge in [-0.15, -0.1) is 0 Å². The van der Waals surface area contributed by atoms with Crippen molar-refractivity contribution in [2.45, 2.75) is 151 Å². The number of amides is 1. The Labute approximate surface area is 381 Å². The van der Waals surface area contributed by atoms with Crippen molar-refractivity contribution in [3.63, 3.8) is 0 Å². The summed E-state index contributed by atoms with van der Waals surface area (Å²) < 4.78 is 6.69. The number of esters is 1. The standard InChI is InChI=1S/C55H72N4O5/c1-32(2)36-20-25-55(49(63)59-28-10-13-41(59)46-57-31-40(58-46)34-16-14-33(30-56)15-17-34)27-26-52(6)37(45(36)55)18-19-42-51(5)23-22-44(64-48(62)39-29-38(47(60)61)50(39,3)4)54(8,35-11-9-12-35)43(51)21-24-53(42,52)7/h9,11,14-17,31,35-39,41-45H,1,10,12-13,18-29H2,2-8H3,(H,57,58)(H,60,61). The van der Waals surface area contributed by atoms with Crippen molar-refractivity contribution >= 4 is 17.8 Å². The largest absolute Gasteiger partial charge is 0.481 e. The molecule has 2 N–H and O–H groups in total. The van der Waals surface area contributed by atoms with E-state index in [1.54, 1.807) is 0 Å². The van der Waals surface area contributed by atoms with Gasteiger partial charge >= 0.3 is 11.9 Å². The van der Waals surface area contributed by atoms with Crippen molar-refractivity contribution in [1.29, 1.82) is 5.26 Å². The Balaban J connectivity index is 0.922. The molecule has 6 saturated carbocycles. The number of nitrogens with zero attached hydrogens (tertiary/aromatic N) is 3. The van der Waals surface area contributed by atoms with Gasteiger partial charge in [-0.25, -0.2) is 4.98 Å². The summed E-state index contributed by atoms with van der Waals surface area (Å²) in [6, 6.07) is 9.71. The Bertz CT molecular complexity index is 2320. The number of carbonyl (C=O) groups is 3. The maximum absolute atomic E-state index is 15.7. The molecule has 1 aromatic carbocycles. The van der Waals surface area contributed by atoms with Crippen LogP contribution in [0.4, 0.5) is 0 Å². The highest BCUT2D eigenvalue weighted by Gasteiger charge is 2.73. The quantitative estimate of drug-likeness (QED) is 0.199. The number of fused-ring (bicyclic) bond motifs is 7. The van der Waals surface area contributed by atoms with Crippen molar-refractivity contribution in [2.24, 2.45) is 79.8 Å². The molecule has 0 radical (unpaired) electrons. The summed E-state index contributed by atoms with van der Waals surface area (Å²) in [5.74, 6) is 1.64. The van der Waals surface area contributed by atoms with Gasteiger partial charge in [0.25, 0.3) is 0 Å². The molecule has 9 heteroatoms. The first kappa shape index (κ1) is 43.7. The van der Waals surface area contributed by atoms with Gasteiger partial charge in [0.1, 0.15) is 11.9 Å². The topological polar surface area (TPSA) is 136 Å². The summed E-state index contributed by atoms with van der Waals surface area (Å²) in [4.78, 5) is 52.3. The van der Waals surface area contributed by atoms with Crippen molar-refractivity contribution in [3.8, 4) is 17.3 Å². The van der Waals surface area contributed by atoms with Gasteiger partial charge in [-0.05, 0) is 172 Å². The van der Waals surface area contributed by atoms with Crippen LogP contribution in [0, 0.1) is 91.2 Å². The van der Waals surface area contributed by atoms with Crippen LogP contribution >= 0.6 is 0 Å². The van der Waals surface area contributed by atoms with E-state index in [0.29, 0.717) is 47.5 Å². The Hall–Kier alpha value is -4.19. The molecule has 0 bridgehead atoms. The molecule has 2 aromatic rings. The molecule has 0 spiro atoms. The lowest BCUT2D eigenvalue weighted by atomic mass is 9.31. The minimum absolute atomic E-state index is 0.0738. The van der Waals surface area contributed by atoms with E-state index < -0.39 is 22.7 Å². The van der Waals surface area contributed by atoms with Crippen LogP contribution in [-0.4, -0.2) is 50.5 Å². The minimum Gasteiger partial charge on any atom is -0.481 e. The fourth-order valence-corrected chi connectivity index (χ4v) is 17.6. The fourth-order valence-electron chi connectivity index (χ4n) is 17.6. The lowest BCUT2D eigenvalue weighted by Crippen LogP contribution is -2.68. The van der Waals surface area contributed by atoms with Crippen molar-refractivity contribution in [1.82, 2.24) is 14.9 Å². The summed E-state index contributed by atoms with van der Waals surface area (Å²) >= 11 is 0. The molecule has 1 aromatic heterocycles. The number of hydrogen-bond donors (Lipinski definition) is 2. The number of ether oxygens (including phenoxy) is 1. The Kier molecular flexibility index (Phi) is 10.2. The van der Waals surface area contributed by atoms with Crippen LogP contribution in [0.25, 0.3) is 11.3 Å². The van der Waals surface area contributed by atoms with Crippen molar-refractivity contribution in [3.05, 3.63) is 66.2 Å². The second kappa shape index (κ2) is 14.9. The summed E-state index contributed by atoms with van der Waals surface area (Å²) in [6.45, 7) is 21.8. The van der Waals surface area contributed by atoms with E-state index in [1.165, 1.54) is 5.57 Å². The molecule has 8 aliphatic rings. The first-order chi connectivity index (χ1) is 30.3. The number of carbonyl (C=O) groups excluding carboxylic acids is 2. The first-order valence-electron chi connectivity index (χ1n) is 25.0. The van der Waals surface area contributed by atoms with Crippen LogP contribution in [0.1, 0.15) is 156 Å². The molecule has 15 unspecified atom stereocenters. The number of carboxylic acids is 1. The van der Waals surface area contributed by atoms with Gasteiger partial charge in [-0.2, -0.15) is 5.26 Å². The second-order valence-corrected chi connectivity index (χ2v) is 24.0. The van der Waals surface area contributed by atoms with Gasteiger partial charge in [-0.1, -0.05) is 78.0 Å². The zero-order valence-corrected chi connectivity index (χ0v) is 39.6. The SMILES string of the molecule is C=C(C)C1CCC2(C(=O)N3CCCC3c3ncc(-c4ccc(C#N)cc4)[nH]3)CCC3(C)C(CCC4C5(C)CCC(OC(=O)C6CC(C(=O)O)C6(C)C)C(C)(C6C=CC6)C5CCC43C)C12.